The highest BCUT2D eigenvalue weighted by atomic mass is 16.7. The van der Waals surface area contributed by atoms with Gasteiger partial charge >= 0.3 is 0 Å². The molecule has 0 aromatic heterocycles. The van der Waals surface area contributed by atoms with Crippen LogP contribution in [0.3, 0.4) is 0 Å². The highest BCUT2D eigenvalue weighted by Crippen LogP contribution is 2.57. The number of rotatable bonds is 3. The SMILES string of the molecule is COC1(OC)C(=O)C2C=C(C(C)=O)C1C1Nc3ccccc3C21. The zero-order valence-electron chi connectivity index (χ0n) is 13.3. The maximum absolute atomic E-state index is 13.1. The summed E-state index contributed by atoms with van der Waals surface area (Å²) in [6.45, 7) is 1.53. The van der Waals surface area contributed by atoms with E-state index in [4.69, 9.17) is 9.47 Å². The summed E-state index contributed by atoms with van der Waals surface area (Å²) in [6, 6.07) is 7.91. The summed E-state index contributed by atoms with van der Waals surface area (Å²) in [5.74, 6) is -2.38. The Labute approximate surface area is 134 Å². The fraction of sp³-hybridized carbons (Fsp3) is 0.444. The first kappa shape index (κ1) is 14.6. The molecule has 4 aliphatic rings. The average Bonchev–Trinajstić information content (AvgIpc) is 2.95. The van der Waals surface area contributed by atoms with Gasteiger partial charge in [0.05, 0.1) is 11.8 Å². The Morgan fingerprint density at radius 1 is 1.22 bits per heavy atom. The third-order valence-electron chi connectivity index (χ3n) is 5.54. The number of ether oxygens (including phenoxy) is 2. The Morgan fingerprint density at radius 2 is 1.91 bits per heavy atom. The number of fused-ring (bicyclic) bond motifs is 2. The Bertz CT molecular complexity index is 734. The van der Waals surface area contributed by atoms with Crippen molar-refractivity contribution in [1.82, 2.24) is 0 Å². The van der Waals surface area contributed by atoms with Crippen LogP contribution >= 0.6 is 0 Å². The second-order valence-electron chi connectivity index (χ2n) is 6.40. The largest absolute Gasteiger partial charge is 0.381 e. The maximum atomic E-state index is 13.1. The lowest BCUT2D eigenvalue weighted by Gasteiger charge is -2.52. The molecule has 0 saturated heterocycles. The van der Waals surface area contributed by atoms with Gasteiger partial charge in [-0.25, -0.2) is 0 Å². The molecule has 0 radical (unpaired) electrons. The molecule has 0 spiro atoms. The standard InChI is InChI=1S/C18H19NO4/c1-9(20)11-8-12-14-10-6-4-5-7-13(10)19-16(14)15(11)18(22-2,23-3)17(12)21/h4-8,12,14-16,19H,1-3H3. The zero-order valence-corrected chi connectivity index (χ0v) is 13.3. The number of carbonyl (C=O) groups excluding carboxylic acids is 2. The molecule has 4 unspecified atom stereocenters. The topological polar surface area (TPSA) is 64.6 Å². The second-order valence-corrected chi connectivity index (χ2v) is 6.40. The Kier molecular flexibility index (Phi) is 3.02. The van der Waals surface area contributed by atoms with Gasteiger partial charge in [0.15, 0.2) is 11.6 Å². The summed E-state index contributed by atoms with van der Waals surface area (Å²) in [7, 11) is 2.94. The minimum absolute atomic E-state index is 0.0187. The Morgan fingerprint density at radius 3 is 2.57 bits per heavy atom. The van der Waals surface area contributed by atoms with Gasteiger partial charge in [0, 0.05) is 37.4 Å². The molecule has 4 atom stereocenters. The molecule has 3 aliphatic carbocycles. The average molecular weight is 313 g/mol. The van der Waals surface area contributed by atoms with Gasteiger partial charge in [-0.1, -0.05) is 24.3 Å². The van der Waals surface area contributed by atoms with Crippen LogP contribution in [0.5, 0.6) is 0 Å². The van der Waals surface area contributed by atoms with Gasteiger partial charge in [-0.3, -0.25) is 9.59 Å². The predicted molar refractivity (Wildman–Crippen MR) is 84.1 cm³/mol. The van der Waals surface area contributed by atoms with Gasteiger partial charge in [-0.2, -0.15) is 0 Å². The summed E-state index contributed by atoms with van der Waals surface area (Å²) >= 11 is 0. The number of allylic oxidation sites excluding steroid dienone is 1. The van der Waals surface area contributed by atoms with E-state index in [-0.39, 0.29) is 23.5 Å². The molecule has 1 aromatic carbocycles. The summed E-state index contributed by atoms with van der Waals surface area (Å²) in [4.78, 5) is 25.2. The number of methoxy groups -OCH3 is 2. The normalized spacial score (nSPS) is 32.8. The van der Waals surface area contributed by atoms with Crippen molar-refractivity contribution < 1.29 is 19.1 Å². The number of carbonyl (C=O) groups is 2. The molecule has 5 heteroatoms. The van der Waals surface area contributed by atoms with Crippen molar-refractivity contribution in [3.05, 3.63) is 41.5 Å². The number of hydrogen-bond acceptors (Lipinski definition) is 5. The van der Waals surface area contributed by atoms with Crippen LogP contribution in [0.1, 0.15) is 18.4 Å². The fourth-order valence-corrected chi connectivity index (χ4v) is 4.62. The van der Waals surface area contributed by atoms with E-state index in [1.54, 1.807) is 0 Å². The van der Waals surface area contributed by atoms with E-state index in [0.717, 1.165) is 11.3 Å². The van der Waals surface area contributed by atoms with Crippen molar-refractivity contribution in [2.24, 2.45) is 11.8 Å². The lowest BCUT2D eigenvalue weighted by Crippen LogP contribution is -2.66. The molecular formula is C18H19NO4. The molecule has 1 saturated carbocycles. The number of para-hydroxylation sites is 1. The van der Waals surface area contributed by atoms with Crippen molar-refractivity contribution in [3.63, 3.8) is 0 Å². The van der Waals surface area contributed by atoms with Crippen LogP contribution in [0.2, 0.25) is 0 Å². The molecule has 120 valence electrons. The van der Waals surface area contributed by atoms with Crippen LogP contribution < -0.4 is 5.32 Å². The van der Waals surface area contributed by atoms with E-state index in [2.05, 4.69) is 5.32 Å². The number of nitrogens with one attached hydrogen (secondary N) is 1. The van der Waals surface area contributed by atoms with Crippen LogP contribution in [0, 0.1) is 11.8 Å². The van der Waals surface area contributed by atoms with E-state index in [1.807, 2.05) is 30.3 Å². The molecule has 1 aromatic rings. The van der Waals surface area contributed by atoms with Gasteiger partial charge in [0.25, 0.3) is 0 Å². The van der Waals surface area contributed by atoms with E-state index in [9.17, 15) is 9.59 Å². The van der Waals surface area contributed by atoms with Crippen molar-refractivity contribution in [2.45, 2.75) is 24.7 Å². The molecule has 1 heterocycles. The molecule has 0 amide bonds. The maximum Gasteiger partial charge on any atom is 0.238 e. The number of ketones is 2. The summed E-state index contributed by atoms with van der Waals surface area (Å²) in [5, 5.41) is 3.49. The van der Waals surface area contributed by atoms with Crippen LogP contribution in [0.15, 0.2) is 35.9 Å². The number of benzene rings is 1. The minimum atomic E-state index is -1.39. The third kappa shape index (κ3) is 1.64. The smallest absolute Gasteiger partial charge is 0.238 e. The molecule has 5 rings (SSSR count). The minimum Gasteiger partial charge on any atom is -0.381 e. The highest BCUT2D eigenvalue weighted by Gasteiger charge is 2.66. The predicted octanol–water partition coefficient (Wildman–Crippen LogP) is 1.90. The molecule has 5 nitrogen and oxygen atoms in total. The highest BCUT2D eigenvalue weighted by molar-refractivity contribution is 6.03. The number of hydrogen-bond donors (Lipinski definition) is 1. The summed E-state index contributed by atoms with van der Waals surface area (Å²) in [6.07, 6.45) is 1.83. The summed E-state index contributed by atoms with van der Waals surface area (Å²) < 4.78 is 11.1. The van der Waals surface area contributed by atoms with E-state index in [1.165, 1.54) is 21.1 Å². The monoisotopic (exact) mass is 313 g/mol. The van der Waals surface area contributed by atoms with Gasteiger partial charge in [0.2, 0.25) is 5.79 Å². The second kappa shape index (κ2) is 4.76. The first-order chi connectivity index (χ1) is 11.0. The van der Waals surface area contributed by atoms with Crippen molar-refractivity contribution >= 4 is 17.3 Å². The quantitative estimate of drug-likeness (QED) is 0.864. The van der Waals surface area contributed by atoms with Crippen molar-refractivity contribution in [3.8, 4) is 0 Å². The number of anilines is 1. The van der Waals surface area contributed by atoms with Gasteiger partial charge < -0.3 is 14.8 Å². The van der Waals surface area contributed by atoms with Crippen molar-refractivity contribution in [1.29, 1.82) is 0 Å². The summed E-state index contributed by atoms with van der Waals surface area (Å²) in [5.41, 5.74) is 2.77. The van der Waals surface area contributed by atoms with Gasteiger partial charge in [-0.05, 0) is 18.6 Å². The van der Waals surface area contributed by atoms with Gasteiger partial charge in [0.1, 0.15) is 0 Å². The van der Waals surface area contributed by atoms with Gasteiger partial charge in [-0.15, -0.1) is 0 Å². The zero-order chi connectivity index (χ0) is 16.4. The van der Waals surface area contributed by atoms with Crippen LogP contribution in [-0.2, 0) is 19.1 Å². The van der Waals surface area contributed by atoms with Crippen LogP contribution in [-0.4, -0.2) is 37.6 Å². The molecular weight excluding hydrogens is 294 g/mol. The Balaban J connectivity index is 1.92. The first-order valence-corrected chi connectivity index (χ1v) is 7.78. The van der Waals surface area contributed by atoms with Crippen LogP contribution in [0.4, 0.5) is 5.69 Å². The van der Waals surface area contributed by atoms with E-state index in [0.29, 0.717) is 5.57 Å². The third-order valence-corrected chi connectivity index (χ3v) is 5.54. The van der Waals surface area contributed by atoms with Crippen molar-refractivity contribution in [2.75, 3.05) is 19.5 Å². The van der Waals surface area contributed by atoms with E-state index < -0.39 is 17.6 Å². The number of Topliss-reactive ketones (excluding diaryl/α,β-unsaturated/α-hetero) is 2. The Hall–Kier alpha value is -1.98. The fourth-order valence-electron chi connectivity index (χ4n) is 4.62. The van der Waals surface area contributed by atoms with E-state index >= 15 is 0 Å². The lowest BCUT2D eigenvalue weighted by atomic mass is 9.57. The molecule has 1 aliphatic heterocycles. The first-order valence-electron chi connectivity index (χ1n) is 7.78. The molecule has 1 N–H and O–H groups in total. The molecule has 1 fully saturated rings. The molecule has 2 bridgehead atoms. The molecule has 23 heavy (non-hydrogen) atoms. The van der Waals surface area contributed by atoms with Crippen LogP contribution in [0.25, 0.3) is 0 Å². The lowest BCUT2D eigenvalue weighted by molar-refractivity contribution is -0.240.